The quantitative estimate of drug-likeness (QED) is 0.881. The maximum absolute atomic E-state index is 5.64. The molecule has 0 radical (unpaired) electrons. The van der Waals surface area contributed by atoms with E-state index < -0.39 is 0 Å². The molecule has 3 rings (SSSR count). The van der Waals surface area contributed by atoms with Gasteiger partial charge < -0.3 is 15.4 Å². The van der Waals surface area contributed by atoms with Gasteiger partial charge in [-0.2, -0.15) is 0 Å². The van der Waals surface area contributed by atoms with Crippen molar-refractivity contribution < 1.29 is 4.74 Å². The second-order valence-electron chi connectivity index (χ2n) is 6.20. The van der Waals surface area contributed by atoms with Crippen LogP contribution in [0.4, 0.5) is 17.3 Å². The molecule has 5 nitrogen and oxygen atoms in total. The molecule has 1 aromatic carbocycles. The van der Waals surface area contributed by atoms with Gasteiger partial charge in [-0.3, -0.25) is 0 Å². The van der Waals surface area contributed by atoms with E-state index in [0.29, 0.717) is 6.10 Å². The first kappa shape index (κ1) is 15.7. The van der Waals surface area contributed by atoms with Gasteiger partial charge in [0.2, 0.25) is 0 Å². The number of rotatable bonds is 5. The van der Waals surface area contributed by atoms with Crippen molar-refractivity contribution in [3.05, 3.63) is 41.2 Å². The highest BCUT2D eigenvalue weighted by Crippen LogP contribution is 2.20. The summed E-state index contributed by atoms with van der Waals surface area (Å²) < 4.78 is 5.64. The predicted molar refractivity (Wildman–Crippen MR) is 93.4 cm³/mol. The van der Waals surface area contributed by atoms with Crippen molar-refractivity contribution >= 4 is 17.3 Å². The van der Waals surface area contributed by atoms with Gasteiger partial charge in [-0.15, -0.1) is 0 Å². The van der Waals surface area contributed by atoms with Gasteiger partial charge in [0.1, 0.15) is 17.5 Å². The van der Waals surface area contributed by atoms with Crippen LogP contribution < -0.4 is 10.6 Å². The topological polar surface area (TPSA) is 59.1 Å². The molecule has 0 saturated carbocycles. The third-order valence-corrected chi connectivity index (χ3v) is 3.87. The molecular weight excluding hydrogens is 288 g/mol. The van der Waals surface area contributed by atoms with Crippen molar-refractivity contribution in [1.82, 2.24) is 9.97 Å². The molecule has 1 fully saturated rings. The Morgan fingerprint density at radius 3 is 2.48 bits per heavy atom. The summed E-state index contributed by atoms with van der Waals surface area (Å²) in [6.07, 6.45) is 2.56. The normalized spacial score (nSPS) is 17.3. The first-order valence-corrected chi connectivity index (χ1v) is 8.15. The third kappa shape index (κ3) is 4.42. The summed E-state index contributed by atoms with van der Waals surface area (Å²) in [7, 11) is 0. The van der Waals surface area contributed by atoms with Crippen LogP contribution in [0.5, 0.6) is 0 Å². The van der Waals surface area contributed by atoms with E-state index in [9.17, 15) is 0 Å². The molecule has 0 aliphatic carbocycles. The second kappa shape index (κ2) is 6.96. The minimum Gasteiger partial charge on any atom is -0.376 e. The van der Waals surface area contributed by atoms with Gasteiger partial charge in [0.15, 0.2) is 0 Å². The number of nitrogens with one attached hydrogen (secondary N) is 2. The van der Waals surface area contributed by atoms with Crippen LogP contribution in [0.3, 0.4) is 0 Å². The van der Waals surface area contributed by atoms with Gasteiger partial charge in [0.25, 0.3) is 0 Å². The number of hydrogen-bond donors (Lipinski definition) is 2. The van der Waals surface area contributed by atoms with E-state index in [0.717, 1.165) is 49.1 Å². The average molecular weight is 312 g/mol. The van der Waals surface area contributed by atoms with Crippen molar-refractivity contribution in [2.24, 2.45) is 0 Å². The van der Waals surface area contributed by atoms with Crippen molar-refractivity contribution in [2.45, 2.75) is 39.7 Å². The fourth-order valence-electron chi connectivity index (χ4n) is 2.94. The Bertz CT molecular complexity index is 660. The summed E-state index contributed by atoms with van der Waals surface area (Å²) in [4.78, 5) is 8.93. The molecule has 1 aromatic heterocycles. The summed E-state index contributed by atoms with van der Waals surface area (Å²) in [5, 5.41) is 6.73. The van der Waals surface area contributed by atoms with Gasteiger partial charge in [-0.1, -0.05) is 6.07 Å². The smallest absolute Gasteiger partial charge is 0.136 e. The fraction of sp³-hybridized carbons (Fsp3) is 0.444. The number of ether oxygens (including phenoxy) is 1. The zero-order valence-electron chi connectivity index (χ0n) is 14.0. The maximum Gasteiger partial charge on any atom is 0.136 e. The lowest BCUT2D eigenvalue weighted by Gasteiger charge is -2.13. The van der Waals surface area contributed by atoms with E-state index in [1.807, 2.05) is 13.0 Å². The van der Waals surface area contributed by atoms with E-state index in [4.69, 9.17) is 4.74 Å². The lowest BCUT2D eigenvalue weighted by Crippen LogP contribution is -2.19. The van der Waals surface area contributed by atoms with Gasteiger partial charge in [0, 0.05) is 24.9 Å². The molecule has 1 saturated heterocycles. The van der Waals surface area contributed by atoms with E-state index >= 15 is 0 Å². The van der Waals surface area contributed by atoms with E-state index in [1.54, 1.807) is 0 Å². The van der Waals surface area contributed by atoms with Crippen molar-refractivity contribution in [3.8, 4) is 0 Å². The third-order valence-electron chi connectivity index (χ3n) is 3.87. The summed E-state index contributed by atoms with van der Waals surface area (Å²) >= 11 is 0. The van der Waals surface area contributed by atoms with Gasteiger partial charge in [0.05, 0.1) is 6.10 Å². The number of aromatic nitrogens is 2. The zero-order chi connectivity index (χ0) is 16.2. The van der Waals surface area contributed by atoms with Crippen LogP contribution >= 0.6 is 0 Å². The van der Waals surface area contributed by atoms with Gasteiger partial charge >= 0.3 is 0 Å². The molecule has 122 valence electrons. The lowest BCUT2D eigenvalue weighted by molar-refractivity contribution is 0.120. The molecule has 1 aliphatic rings. The molecule has 0 spiro atoms. The number of aryl methyl sites for hydroxylation is 3. The Kier molecular flexibility index (Phi) is 4.76. The molecule has 2 N–H and O–H groups in total. The zero-order valence-corrected chi connectivity index (χ0v) is 14.0. The average Bonchev–Trinajstić information content (AvgIpc) is 2.96. The highest BCUT2D eigenvalue weighted by Gasteiger charge is 2.15. The highest BCUT2D eigenvalue weighted by molar-refractivity contribution is 5.60. The van der Waals surface area contributed by atoms with Gasteiger partial charge in [-0.05, 0) is 56.9 Å². The number of nitrogens with zero attached hydrogens (tertiary/aromatic N) is 2. The Morgan fingerprint density at radius 1 is 1.04 bits per heavy atom. The van der Waals surface area contributed by atoms with Crippen molar-refractivity contribution in [3.63, 3.8) is 0 Å². The minimum absolute atomic E-state index is 0.293. The number of benzene rings is 1. The fourth-order valence-corrected chi connectivity index (χ4v) is 2.94. The predicted octanol–water partition coefficient (Wildman–Crippen LogP) is 3.74. The Morgan fingerprint density at radius 2 is 1.78 bits per heavy atom. The first-order valence-electron chi connectivity index (χ1n) is 8.15. The minimum atomic E-state index is 0.293. The molecule has 5 heteroatoms. The molecule has 1 aliphatic heterocycles. The standard InChI is InChI=1S/C18H24N4O/c1-12-7-13(2)9-15(8-12)22-18-10-17(20-14(3)21-18)19-11-16-5-4-6-23-16/h7-10,16H,4-6,11H2,1-3H3,(H2,19,20,21,22). The summed E-state index contributed by atoms with van der Waals surface area (Å²) in [5.41, 5.74) is 3.51. The molecule has 0 bridgehead atoms. The van der Waals surface area contributed by atoms with Crippen molar-refractivity contribution in [2.75, 3.05) is 23.8 Å². The largest absolute Gasteiger partial charge is 0.376 e. The number of hydrogen-bond acceptors (Lipinski definition) is 5. The molecule has 0 amide bonds. The van der Waals surface area contributed by atoms with Crippen LogP contribution in [-0.4, -0.2) is 29.2 Å². The van der Waals surface area contributed by atoms with Gasteiger partial charge in [-0.25, -0.2) is 9.97 Å². The van der Waals surface area contributed by atoms with E-state index in [1.165, 1.54) is 11.1 Å². The van der Waals surface area contributed by atoms with E-state index in [2.05, 4.69) is 52.6 Å². The molecular formula is C18H24N4O. The molecule has 2 heterocycles. The summed E-state index contributed by atoms with van der Waals surface area (Å²) in [5.74, 6) is 2.38. The Balaban J connectivity index is 1.71. The van der Waals surface area contributed by atoms with Crippen LogP contribution in [0.1, 0.15) is 29.8 Å². The number of anilines is 3. The monoisotopic (exact) mass is 312 g/mol. The maximum atomic E-state index is 5.64. The molecule has 1 unspecified atom stereocenters. The van der Waals surface area contributed by atoms with Crippen LogP contribution in [0.25, 0.3) is 0 Å². The van der Waals surface area contributed by atoms with Crippen LogP contribution in [-0.2, 0) is 4.74 Å². The summed E-state index contributed by atoms with van der Waals surface area (Å²) in [6.45, 7) is 7.76. The second-order valence-corrected chi connectivity index (χ2v) is 6.20. The van der Waals surface area contributed by atoms with Crippen molar-refractivity contribution in [1.29, 1.82) is 0 Å². The molecule has 1 atom stereocenters. The SMILES string of the molecule is Cc1cc(C)cc(Nc2cc(NCC3CCCO3)nc(C)n2)c1. The summed E-state index contributed by atoms with van der Waals surface area (Å²) in [6, 6.07) is 8.33. The molecule has 2 aromatic rings. The first-order chi connectivity index (χ1) is 11.1. The highest BCUT2D eigenvalue weighted by atomic mass is 16.5. The van der Waals surface area contributed by atoms with Crippen LogP contribution in [0.2, 0.25) is 0 Å². The Labute approximate surface area is 137 Å². The van der Waals surface area contributed by atoms with E-state index in [-0.39, 0.29) is 0 Å². The van der Waals surface area contributed by atoms with Crippen LogP contribution in [0.15, 0.2) is 24.3 Å². The van der Waals surface area contributed by atoms with Crippen LogP contribution in [0, 0.1) is 20.8 Å². The molecule has 23 heavy (non-hydrogen) atoms. The lowest BCUT2D eigenvalue weighted by atomic mass is 10.1. The Hall–Kier alpha value is -2.14.